The first-order chi connectivity index (χ1) is 14.8. The molecule has 6 nitrogen and oxygen atoms in total. The molecule has 9 heteroatoms. The maximum absolute atomic E-state index is 15.6. The number of allylic oxidation sites excluding steroid dienone is 1. The summed E-state index contributed by atoms with van der Waals surface area (Å²) in [5, 5.41) is 7.74. The third-order valence-electron chi connectivity index (χ3n) is 6.11. The van der Waals surface area contributed by atoms with Gasteiger partial charge in [-0.15, -0.1) is 0 Å². The van der Waals surface area contributed by atoms with Gasteiger partial charge in [0.25, 0.3) is 0 Å². The van der Waals surface area contributed by atoms with Crippen LogP contribution in [0.4, 0.5) is 10.2 Å². The van der Waals surface area contributed by atoms with Crippen molar-refractivity contribution < 1.29 is 13.9 Å². The van der Waals surface area contributed by atoms with Gasteiger partial charge in [0, 0.05) is 16.5 Å². The van der Waals surface area contributed by atoms with Gasteiger partial charge in [-0.3, -0.25) is 0 Å². The lowest BCUT2D eigenvalue weighted by Crippen LogP contribution is -2.48. The van der Waals surface area contributed by atoms with Crippen molar-refractivity contribution in [3.8, 4) is 11.5 Å². The molecule has 2 heterocycles. The Kier molecular flexibility index (Phi) is 6.47. The van der Waals surface area contributed by atoms with Crippen LogP contribution in [0.1, 0.15) is 33.1 Å². The molecule has 0 bridgehead atoms. The number of fused-ring (bicyclic) bond motifs is 1. The van der Waals surface area contributed by atoms with E-state index in [9.17, 15) is 0 Å². The minimum Gasteiger partial charge on any atom is -0.493 e. The van der Waals surface area contributed by atoms with Crippen LogP contribution in [0.25, 0.3) is 10.9 Å². The molecule has 3 unspecified atom stereocenters. The Labute approximate surface area is 191 Å². The van der Waals surface area contributed by atoms with E-state index in [1.54, 1.807) is 7.11 Å². The summed E-state index contributed by atoms with van der Waals surface area (Å²) < 4.78 is 27.4. The van der Waals surface area contributed by atoms with Crippen LogP contribution in [-0.2, 0) is 0 Å². The molecule has 1 aromatic heterocycles. The SMILES string of the molecule is COc1cc2ncnc(NC3C(C)CC(Cl)=C(Cl)C3(C)F)c2cc1OC1CCNCC1. The molecule has 1 fully saturated rings. The van der Waals surface area contributed by atoms with Crippen molar-refractivity contribution in [2.24, 2.45) is 5.92 Å². The molecule has 0 spiro atoms. The molecule has 0 saturated carbocycles. The molecule has 1 aromatic carbocycles. The van der Waals surface area contributed by atoms with E-state index >= 15 is 4.39 Å². The third-order valence-corrected chi connectivity index (χ3v) is 7.15. The summed E-state index contributed by atoms with van der Waals surface area (Å²) in [5.41, 5.74) is -1.15. The first kappa shape index (κ1) is 22.4. The number of anilines is 1. The number of aromatic nitrogens is 2. The van der Waals surface area contributed by atoms with Gasteiger partial charge in [-0.2, -0.15) is 0 Å². The molecule has 2 aliphatic rings. The minimum absolute atomic E-state index is 0.0414. The highest BCUT2D eigenvalue weighted by Gasteiger charge is 2.46. The molecule has 31 heavy (non-hydrogen) atoms. The number of methoxy groups -OCH3 is 1. The first-order valence-electron chi connectivity index (χ1n) is 10.5. The minimum atomic E-state index is -1.82. The monoisotopic (exact) mass is 468 g/mol. The number of halogens is 3. The fourth-order valence-corrected chi connectivity index (χ4v) is 5.00. The van der Waals surface area contributed by atoms with E-state index in [2.05, 4.69) is 20.6 Å². The first-order valence-corrected chi connectivity index (χ1v) is 11.3. The van der Waals surface area contributed by atoms with Crippen molar-refractivity contribution in [1.82, 2.24) is 15.3 Å². The highest BCUT2D eigenvalue weighted by atomic mass is 35.5. The van der Waals surface area contributed by atoms with Crippen molar-refractivity contribution in [2.75, 3.05) is 25.5 Å². The Morgan fingerprint density at radius 3 is 2.65 bits per heavy atom. The fourth-order valence-electron chi connectivity index (χ4n) is 4.37. The zero-order valence-corrected chi connectivity index (χ0v) is 19.4. The normalized spacial score (nSPS) is 27.4. The second-order valence-electron chi connectivity index (χ2n) is 8.41. The van der Waals surface area contributed by atoms with Crippen molar-refractivity contribution >= 4 is 39.9 Å². The summed E-state index contributed by atoms with van der Waals surface area (Å²) in [6.07, 6.45) is 3.89. The van der Waals surface area contributed by atoms with Gasteiger partial charge >= 0.3 is 0 Å². The lowest BCUT2D eigenvalue weighted by Gasteiger charge is -2.39. The van der Waals surface area contributed by atoms with Crippen molar-refractivity contribution in [2.45, 2.75) is 50.9 Å². The maximum Gasteiger partial charge on any atom is 0.164 e. The largest absolute Gasteiger partial charge is 0.493 e. The standard InChI is InChI=1S/C22H27Cl2FN4O2/c1-12-8-15(23)19(24)22(2,25)20(12)29-21-14-9-18(31-13-4-6-26-7-5-13)17(30-3)10-16(14)27-11-28-21/h9-13,20,26H,4-8H2,1-3H3,(H,27,28,29). The molecule has 1 aliphatic carbocycles. The van der Waals surface area contributed by atoms with Gasteiger partial charge in [-0.1, -0.05) is 30.1 Å². The van der Waals surface area contributed by atoms with Crippen LogP contribution < -0.4 is 20.1 Å². The Bertz CT molecular complexity index is 995. The quantitative estimate of drug-likeness (QED) is 0.642. The summed E-state index contributed by atoms with van der Waals surface area (Å²) in [6, 6.07) is 3.09. The van der Waals surface area contributed by atoms with E-state index < -0.39 is 11.7 Å². The van der Waals surface area contributed by atoms with Crippen LogP contribution in [0, 0.1) is 5.92 Å². The van der Waals surface area contributed by atoms with E-state index in [0.717, 1.165) is 31.3 Å². The molecule has 3 atom stereocenters. The number of ether oxygens (including phenoxy) is 2. The predicted molar refractivity (Wildman–Crippen MR) is 122 cm³/mol. The fraction of sp³-hybridized carbons (Fsp3) is 0.545. The average molecular weight is 469 g/mol. The van der Waals surface area contributed by atoms with Gasteiger partial charge in [0.05, 0.1) is 23.7 Å². The third kappa shape index (κ3) is 4.41. The number of piperidine rings is 1. The zero-order valence-electron chi connectivity index (χ0n) is 17.8. The summed E-state index contributed by atoms with van der Waals surface area (Å²) in [6.45, 7) is 5.23. The number of hydrogen-bond acceptors (Lipinski definition) is 6. The smallest absolute Gasteiger partial charge is 0.164 e. The number of nitrogens with one attached hydrogen (secondary N) is 2. The number of hydrogen-bond donors (Lipinski definition) is 2. The molecule has 1 saturated heterocycles. The lowest BCUT2D eigenvalue weighted by molar-refractivity contribution is 0.157. The van der Waals surface area contributed by atoms with Crippen molar-refractivity contribution in [3.05, 3.63) is 28.5 Å². The van der Waals surface area contributed by atoms with E-state index in [4.69, 9.17) is 32.7 Å². The molecular formula is C22H27Cl2FN4O2. The number of benzene rings is 1. The highest BCUT2D eigenvalue weighted by molar-refractivity contribution is 6.40. The van der Waals surface area contributed by atoms with Gasteiger partial charge in [-0.05, 0) is 51.3 Å². The van der Waals surface area contributed by atoms with Crippen LogP contribution in [0.3, 0.4) is 0 Å². The lowest BCUT2D eigenvalue weighted by atomic mass is 9.80. The Balaban J connectivity index is 1.70. The molecular weight excluding hydrogens is 442 g/mol. The molecule has 1 aliphatic heterocycles. The van der Waals surface area contributed by atoms with Crippen LogP contribution in [0.15, 0.2) is 28.5 Å². The number of rotatable bonds is 5. The van der Waals surface area contributed by atoms with E-state index in [1.165, 1.54) is 13.3 Å². The van der Waals surface area contributed by atoms with Gasteiger partial charge in [0.1, 0.15) is 18.2 Å². The molecule has 0 amide bonds. The van der Waals surface area contributed by atoms with Crippen molar-refractivity contribution in [1.29, 1.82) is 0 Å². The van der Waals surface area contributed by atoms with Gasteiger partial charge in [-0.25, -0.2) is 14.4 Å². The molecule has 2 N–H and O–H groups in total. The number of alkyl halides is 1. The zero-order chi connectivity index (χ0) is 22.2. The van der Waals surface area contributed by atoms with Crippen molar-refractivity contribution in [3.63, 3.8) is 0 Å². The molecule has 4 rings (SSSR count). The summed E-state index contributed by atoms with van der Waals surface area (Å²) in [4.78, 5) is 8.77. The summed E-state index contributed by atoms with van der Waals surface area (Å²) in [7, 11) is 1.60. The van der Waals surface area contributed by atoms with E-state index in [-0.39, 0.29) is 17.1 Å². The summed E-state index contributed by atoms with van der Waals surface area (Å²) >= 11 is 12.4. The average Bonchev–Trinajstić information content (AvgIpc) is 2.76. The van der Waals surface area contributed by atoms with E-state index in [1.807, 2.05) is 19.1 Å². The Morgan fingerprint density at radius 1 is 1.19 bits per heavy atom. The Hall–Kier alpha value is -1.83. The van der Waals surface area contributed by atoms with Gasteiger partial charge < -0.3 is 20.1 Å². The van der Waals surface area contributed by atoms with Crippen LogP contribution >= 0.6 is 23.2 Å². The van der Waals surface area contributed by atoms with Gasteiger partial charge in [0.2, 0.25) is 0 Å². The van der Waals surface area contributed by atoms with E-state index in [0.29, 0.717) is 34.3 Å². The topological polar surface area (TPSA) is 68.3 Å². The van der Waals surface area contributed by atoms with Crippen LogP contribution in [-0.4, -0.2) is 48.0 Å². The molecule has 0 radical (unpaired) electrons. The van der Waals surface area contributed by atoms with Gasteiger partial charge in [0.15, 0.2) is 17.2 Å². The second-order valence-corrected chi connectivity index (χ2v) is 9.24. The molecule has 2 aromatic rings. The second kappa shape index (κ2) is 8.96. The van der Waals surface area contributed by atoms with Crippen LogP contribution in [0.5, 0.6) is 11.5 Å². The predicted octanol–water partition coefficient (Wildman–Crippen LogP) is 5.01. The summed E-state index contributed by atoms with van der Waals surface area (Å²) in [5.74, 6) is 1.67. The Morgan fingerprint density at radius 2 is 1.94 bits per heavy atom. The molecule has 168 valence electrons. The highest BCUT2D eigenvalue weighted by Crippen LogP contribution is 2.45. The number of nitrogens with zero attached hydrogens (tertiary/aromatic N) is 2. The maximum atomic E-state index is 15.6. The van der Waals surface area contributed by atoms with Crippen LogP contribution in [0.2, 0.25) is 0 Å².